The van der Waals surface area contributed by atoms with Gasteiger partial charge in [-0.15, -0.1) is 11.3 Å². The van der Waals surface area contributed by atoms with Gasteiger partial charge in [0.05, 0.1) is 29.2 Å². The summed E-state index contributed by atoms with van der Waals surface area (Å²) in [4.78, 5) is 49.5. The maximum absolute atomic E-state index is 12.4. The van der Waals surface area contributed by atoms with Crippen LogP contribution < -0.4 is 15.4 Å². The number of carbonyl (C=O) groups is 4. The third-order valence-electron chi connectivity index (χ3n) is 4.75. The van der Waals surface area contributed by atoms with Crippen LogP contribution in [0.25, 0.3) is 0 Å². The van der Waals surface area contributed by atoms with Crippen molar-refractivity contribution in [1.29, 1.82) is 0 Å². The summed E-state index contributed by atoms with van der Waals surface area (Å²) in [6.07, 6.45) is 3.15. The van der Waals surface area contributed by atoms with Crippen molar-refractivity contribution in [3.8, 4) is 5.75 Å². The highest BCUT2D eigenvalue weighted by molar-refractivity contribution is 7.18. The van der Waals surface area contributed by atoms with Gasteiger partial charge >= 0.3 is 11.9 Å². The Kier molecular flexibility index (Phi) is 10.5. The lowest BCUT2D eigenvalue weighted by Crippen LogP contribution is -2.21. The van der Waals surface area contributed by atoms with Gasteiger partial charge in [0, 0.05) is 7.05 Å². The van der Waals surface area contributed by atoms with Crippen LogP contribution >= 0.6 is 11.3 Å². The number of esters is 2. The van der Waals surface area contributed by atoms with Crippen molar-refractivity contribution in [3.63, 3.8) is 0 Å². The predicted octanol–water partition coefficient (Wildman–Crippen LogP) is 3.96. The molecule has 0 radical (unpaired) electrons. The lowest BCUT2D eigenvalue weighted by Gasteiger charge is -2.09. The molecular weight excluding hydrogens is 460 g/mol. The van der Waals surface area contributed by atoms with Gasteiger partial charge in [-0.2, -0.15) is 0 Å². The minimum Gasteiger partial charge on any atom is -0.494 e. The van der Waals surface area contributed by atoms with Crippen molar-refractivity contribution in [2.45, 2.75) is 40.0 Å². The molecule has 9 nitrogen and oxygen atoms in total. The van der Waals surface area contributed by atoms with Gasteiger partial charge in [-0.1, -0.05) is 19.8 Å². The zero-order valence-electron chi connectivity index (χ0n) is 19.8. The molecule has 0 bridgehead atoms. The van der Waals surface area contributed by atoms with Gasteiger partial charge in [-0.25, -0.2) is 9.59 Å². The highest BCUT2D eigenvalue weighted by atomic mass is 32.1. The number of hydrogen-bond donors (Lipinski definition) is 2. The summed E-state index contributed by atoms with van der Waals surface area (Å²) in [6.45, 7) is 5.54. The number of amides is 2. The van der Waals surface area contributed by atoms with E-state index in [0.29, 0.717) is 17.9 Å². The molecule has 0 atom stereocenters. The Balaban J connectivity index is 1.99. The van der Waals surface area contributed by atoms with Gasteiger partial charge in [0.1, 0.15) is 10.8 Å². The molecule has 0 aliphatic heterocycles. The zero-order valence-corrected chi connectivity index (χ0v) is 20.6. The highest BCUT2D eigenvalue weighted by Crippen LogP contribution is 2.33. The minimum atomic E-state index is -0.674. The van der Waals surface area contributed by atoms with Crippen LogP contribution in [0.2, 0.25) is 0 Å². The SMILES string of the molecule is CCCCCOc1ccc(C(=O)OCC(=O)Nc2sc(C(=O)NC)c(C)c2C(=O)OCC)cc1. The molecule has 2 amide bonds. The van der Waals surface area contributed by atoms with E-state index in [9.17, 15) is 19.2 Å². The lowest BCUT2D eigenvalue weighted by molar-refractivity contribution is -0.119. The molecule has 0 unspecified atom stereocenters. The van der Waals surface area contributed by atoms with Crippen LogP contribution in [-0.2, 0) is 14.3 Å². The van der Waals surface area contributed by atoms with E-state index in [1.807, 2.05) is 0 Å². The fourth-order valence-corrected chi connectivity index (χ4v) is 4.14. The van der Waals surface area contributed by atoms with Crippen LogP contribution in [0, 0.1) is 6.92 Å². The van der Waals surface area contributed by atoms with E-state index in [1.54, 1.807) is 38.1 Å². The third kappa shape index (κ3) is 7.31. The second-order valence-corrected chi connectivity index (χ2v) is 8.28. The van der Waals surface area contributed by atoms with Crippen LogP contribution in [-0.4, -0.2) is 50.6 Å². The molecule has 2 aromatic rings. The van der Waals surface area contributed by atoms with Crippen molar-refractivity contribution >= 4 is 40.1 Å². The Morgan fingerprint density at radius 1 is 0.971 bits per heavy atom. The second kappa shape index (κ2) is 13.3. The first-order valence-corrected chi connectivity index (χ1v) is 11.9. The van der Waals surface area contributed by atoms with Crippen LogP contribution in [0.3, 0.4) is 0 Å². The summed E-state index contributed by atoms with van der Waals surface area (Å²) in [6, 6.07) is 6.46. The molecule has 0 saturated carbocycles. The average molecular weight is 491 g/mol. The van der Waals surface area contributed by atoms with Gasteiger partial charge in [0.2, 0.25) is 0 Å². The van der Waals surface area contributed by atoms with E-state index in [-0.39, 0.29) is 27.6 Å². The van der Waals surface area contributed by atoms with Crippen LogP contribution in [0.1, 0.15) is 69.1 Å². The Morgan fingerprint density at radius 2 is 1.68 bits per heavy atom. The Morgan fingerprint density at radius 3 is 2.29 bits per heavy atom. The van der Waals surface area contributed by atoms with Gasteiger partial charge < -0.3 is 24.8 Å². The normalized spacial score (nSPS) is 10.4. The van der Waals surface area contributed by atoms with Crippen molar-refractivity contribution in [2.24, 2.45) is 0 Å². The molecule has 2 N–H and O–H groups in total. The number of ether oxygens (including phenoxy) is 3. The summed E-state index contributed by atoms with van der Waals surface area (Å²) < 4.78 is 15.7. The molecule has 1 aromatic heterocycles. The number of anilines is 1. The molecule has 0 spiro atoms. The van der Waals surface area contributed by atoms with E-state index in [1.165, 1.54) is 7.05 Å². The molecule has 10 heteroatoms. The minimum absolute atomic E-state index is 0.0969. The van der Waals surface area contributed by atoms with Gasteiger partial charge in [0.15, 0.2) is 6.61 Å². The summed E-state index contributed by atoms with van der Waals surface area (Å²) in [5, 5.41) is 5.19. The first-order valence-electron chi connectivity index (χ1n) is 11.0. The highest BCUT2D eigenvalue weighted by Gasteiger charge is 2.26. The smallest absolute Gasteiger partial charge is 0.341 e. The van der Waals surface area contributed by atoms with E-state index in [4.69, 9.17) is 14.2 Å². The number of benzene rings is 1. The number of unbranched alkanes of at least 4 members (excludes halogenated alkanes) is 2. The number of nitrogens with one attached hydrogen (secondary N) is 2. The molecule has 2 rings (SSSR count). The maximum atomic E-state index is 12.4. The van der Waals surface area contributed by atoms with Crippen LogP contribution in [0.5, 0.6) is 5.75 Å². The van der Waals surface area contributed by atoms with E-state index in [2.05, 4.69) is 17.6 Å². The number of rotatable bonds is 12. The summed E-state index contributed by atoms with van der Waals surface area (Å²) in [5.74, 6) is -1.73. The molecule has 1 heterocycles. The van der Waals surface area contributed by atoms with Crippen LogP contribution in [0.15, 0.2) is 24.3 Å². The molecule has 0 aliphatic rings. The molecule has 0 aliphatic carbocycles. The predicted molar refractivity (Wildman–Crippen MR) is 129 cm³/mol. The Bertz CT molecular complexity index is 1020. The Hall–Kier alpha value is -3.40. The van der Waals surface area contributed by atoms with Gasteiger partial charge in [-0.05, 0) is 50.1 Å². The summed E-state index contributed by atoms with van der Waals surface area (Å²) in [7, 11) is 1.47. The monoisotopic (exact) mass is 490 g/mol. The van der Waals surface area contributed by atoms with Crippen molar-refractivity contribution in [1.82, 2.24) is 5.32 Å². The molecule has 1 aromatic carbocycles. The number of hydrogen-bond acceptors (Lipinski definition) is 8. The van der Waals surface area contributed by atoms with Gasteiger partial charge in [0.25, 0.3) is 11.8 Å². The molecule has 0 saturated heterocycles. The molecule has 0 fully saturated rings. The quantitative estimate of drug-likeness (QED) is 0.341. The van der Waals surface area contributed by atoms with E-state index in [0.717, 1.165) is 30.6 Å². The first kappa shape index (κ1) is 26.8. The topological polar surface area (TPSA) is 120 Å². The summed E-state index contributed by atoms with van der Waals surface area (Å²) in [5.41, 5.74) is 0.765. The van der Waals surface area contributed by atoms with Gasteiger partial charge in [-0.3, -0.25) is 9.59 Å². The molecular formula is C24H30N2O7S. The van der Waals surface area contributed by atoms with Crippen molar-refractivity contribution < 1.29 is 33.4 Å². The largest absolute Gasteiger partial charge is 0.494 e. The zero-order chi connectivity index (χ0) is 25.1. The van der Waals surface area contributed by atoms with E-state index < -0.39 is 30.4 Å². The molecule has 184 valence electrons. The lowest BCUT2D eigenvalue weighted by atomic mass is 10.1. The fourth-order valence-electron chi connectivity index (χ4n) is 2.99. The van der Waals surface area contributed by atoms with Crippen molar-refractivity contribution in [3.05, 3.63) is 45.8 Å². The fraction of sp³-hybridized carbons (Fsp3) is 0.417. The third-order valence-corrected chi connectivity index (χ3v) is 5.96. The summed E-state index contributed by atoms with van der Waals surface area (Å²) >= 11 is 0.944. The second-order valence-electron chi connectivity index (χ2n) is 7.26. The standard InChI is InChI=1S/C24H30N2O7S/c1-5-7-8-13-32-17-11-9-16(10-12-17)23(29)33-14-18(27)26-22-19(24(30)31-6-2)15(3)20(34-22)21(28)25-4/h9-12H,5-8,13-14H2,1-4H3,(H,25,28)(H,26,27). The maximum Gasteiger partial charge on any atom is 0.341 e. The first-order chi connectivity index (χ1) is 16.3. The Labute approximate surface area is 202 Å². The number of carbonyl (C=O) groups excluding carboxylic acids is 4. The van der Waals surface area contributed by atoms with Crippen molar-refractivity contribution in [2.75, 3.05) is 32.2 Å². The van der Waals surface area contributed by atoms with Crippen LogP contribution in [0.4, 0.5) is 5.00 Å². The van der Waals surface area contributed by atoms with E-state index >= 15 is 0 Å². The molecule has 34 heavy (non-hydrogen) atoms. The number of thiophene rings is 1. The average Bonchev–Trinajstić information content (AvgIpc) is 3.15.